The minimum Gasteiger partial charge on any atom is -0.342 e. The number of likely N-dealkylation sites (tertiary alicyclic amines) is 1. The molecule has 2 aromatic heterocycles. The summed E-state index contributed by atoms with van der Waals surface area (Å²) in [6, 6.07) is 7.37. The molecule has 1 fully saturated rings. The number of H-pyrrole nitrogens is 1. The zero-order valence-electron chi connectivity index (χ0n) is 16.4. The van der Waals surface area contributed by atoms with Crippen molar-refractivity contribution in [3.05, 3.63) is 40.5 Å². The van der Waals surface area contributed by atoms with Gasteiger partial charge in [-0.2, -0.15) is 5.10 Å². The predicted molar refractivity (Wildman–Crippen MR) is 115 cm³/mol. The molecular formula is C20H23ClN6OS. The zero-order valence-corrected chi connectivity index (χ0v) is 18.0. The van der Waals surface area contributed by atoms with Gasteiger partial charge >= 0.3 is 0 Å². The third-order valence-electron chi connectivity index (χ3n) is 5.19. The molecule has 1 aromatic carbocycles. The van der Waals surface area contributed by atoms with Crippen LogP contribution < -0.4 is 5.49 Å². The molecular weight excluding hydrogens is 408 g/mol. The number of nitrogens with one attached hydrogen (secondary N) is 2. The SMILES string of the molecule is CC[C@H](Sc1nc2n[nH]c(C)c2c(=N)n1-c1ccccc1Cl)C(=O)N1CCCC1. The maximum absolute atomic E-state index is 13.0. The molecule has 0 spiro atoms. The lowest BCUT2D eigenvalue weighted by Gasteiger charge is -2.23. The Balaban J connectivity index is 1.84. The number of aryl methyl sites for hydroxylation is 1. The lowest BCUT2D eigenvalue weighted by Crippen LogP contribution is -2.35. The number of rotatable bonds is 5. The molecule has 0 aliphatic carbocycles. The summed E-state index contributed by atoms with van der Waals surface area (Å²) < 4.78 is 1.72. The second-order valence-electron chi connectivity index (χ2n) is 7.12. The molecule has 0 unspecified atom stereocenters. The van der Waals surface area contributed by atoms with E-state index in [0.29, 0.717) is 33.3 Å². The highest BCUT2D eigenvalue weighted by molar-refractivity contribution is 8.00. The van der Waals surface area contributed by atoms with Crippen molar-refractivity contribution in [2.45, 2.75) is 43.5 Å². The van der Waals surface area contributed by atoms with Crippen molar-refractivity contribution in [2.75, 3.05) is 13.1 Å². The molecule has 9 heteroatoms. The maximum Gasteiger partial charge on any atom is 0.236 e. The number of nitrogens with zero attached hydrogens (tertiary/aromatic N) is 4. The van der Waals surface area contributed by atoms with Crippen LogP contribution in [0.15, 0.2) is 29.4 Å². The van der Waals surface area contributed by atoms with Crippen LogP contribution in [-0.4, -0.2) is 48.9 Å². The summed E-state index contributed by atoms with van der Waals surface area (Å²) in [5, 5.41) is 17.4. The van der Waals surface area contributed by atoms with E-state index in [1.165, 1.54) is 11.8 Å². The molecule has 0 radical (unpaired) electrons. The molecule has 1 amide bonds. The van der Waals surface area contributed by atoms with Gasteiger partial charge in [0, 0.05) is 18.8 Å². The number of benzene rings is 1. The minimum absolute atomic E-state index is 0.132. The number of aromatic nitrogens is 4. The van der Waals surface area contributed by atoms with Gasteiger partial charge in [-0.25, -0.2) is 4.98 Å². The van der Waals surface area contributed by atoms with Crippen molar-refractivity contribution in [3.8, 4) is 5.69 Å². The third-order valence-corrected chi connectivity index (χ3v) is 6.81. The smallest absolute Gasteiger partial charge is 0.236 e. The summed E-state index contributed by atoms with van der Waals surface area (Å²) in [4.78, 5) is 19.7. The van der Waals surface area contributed by atoms with Gasteiger partial charge in [-0.1, -0.05) is 42.4 Å². The quantitative estimate of drug-likeness (QED) is 0.477. The van der Waals surface area contributed by atoms with Crippen molar-refractivity contribution in [2.24, 2.45) is 0 Å². The van der Waals surface area contributed by atoms with Crippen LogP contribution in [0, 0.1) is 12.3 Å². The summed E-state index contributed by atoms with van der Waals surface area (Å²) in [5.74, 6) is 0.132. The van der Waals surface area contributed by atoms with Crippen molar-refractivity contribution >= 4 is 40.3 Å². The Kier molecular flexibility index (Phi) is 5.65. The lowest BCUT2D eigenvalue weighted by atomic mass is 10.3. The van der Waals surface area contributed by atoms with Crippen LogP contribution in [0.2, 0.25) is 5.02 Å². The molecule has 29 heavy (non-hydrogen) atoms. The third kappa shape index (κ3) is 3.67. The largest absolute Gasteiger partial charge is 0.342 e. The Bertz CT molecular complexity index is 1120. The molecule has 152 valence electrons. The molecule has 2 N–H and O–H groups in total. The van der Waals surface area contributed by atoms with E-state index in [-0.39, 0.29) is 16.6 Å². The number of halogens is 1. The van der Waals surface area contributed by atoms with Gasteiger partial charge in [-0.05, 0) is 38.3 Å². The first kappa shape index (κ1) is 20.0. The van der Waals surface area contributed by atoms with Crippen molar-refractivity contribution in [1.82, 2.24) is 24.6 Å². The Labute approximate surface area is 178 Å². The molecule has 7 nitrogen and oxygen atoms in total. The standard InChI is InChI=1S/C20H23ClN6OS/c1-3-15(19(28)26-10-6-7-11-26)29-20-23-18-16(12(2)24-25-18)17(22)27(20)14-9-5-4-8-13(14)21/h4-5,8-9,15,22H,3,6-7,10-11H2,1-2H3,(H,24,25)/t15-/m0/s1. The first-order valence-electron chi connectivity index (χ1n) is 9.74. The van der Waals surface area contributed by atoms with Gasteiger partial charge in [0.1, 0.15) is 5.49 Å². The molecule has 4 rings (SSSR count). The first-order chi connectivity index (χ1) is 14.0. The summed E-state index contributed by atoms with van der Waals surface area (Å²) in [7, 11) is 0. The molecule has 1 aliphatic heterocycles. The minimum atomic E-state index is -0.272. The number of hydrogen-bond acceptors (Lipinski definition) is 5. The molecule has 1 atom stereocenters. The molecule has 1 aliphatic rings. The summed E-state index contributed by atoms with van der Waals surface area (Å²) in [6.07, 6.45) is 2.79. The molecule has 3 heterocycles. The molecule has 1 saturated heterocycles. The van der Waals surface area contributed by atoms with Crippen LogP contribution in [0.25, 0.3) is 16.7 Å². The van der Waals surface area contributed by atoms with E-state index in [0.717, 1.165) is 31.6 Å². The highest BCUT2D eigenvalue weighted by Gasteiger charge is 2.28. The van der Waals surface area contributed by atoms with Gasteiger partial charge in [-0.3, -0.25) is 19.9 Å². The summed E-state index contributed by atoms with van der Waals surface area (Å²) in [6.45, 7) is 5.50. The average molecular weight is 431 g/mol. The summed E-state index contributed by atoms with van der Waals surface area (Å²) in [5.41, 5.74) is 2.16. The van der Waals surface area contributed by atoms with Gasteiger partial charge in [0.2, 0.25) is 5.91 Å². The van der Waals surface area contributed by atoms with E-state index in [4.69, 9.17) is 22.0 Å². The highest BCUT2D eigenvalue weighted by Crippen LogP contribution is 2.30. The first-order valence-corrected chi connectivity index (χ1v) is 11.0. The van der Waals surface area contributed by atoms with Crippen LogP contribution in [0.1, 0.15) is 31.9 Å². The highest BCUT2D eigenvalue weighted by atomic mass is 35.5. The Morgan fingerprint density at radius 2 is 2.07 bits per heavy atom. The number of carbonyl (C=O) groups excluding carboxylic acids is 1. The van der Waals surface area contributed by atoms with Gasteiger partial charge < -0.3 is 4.90 Å². The normalized spacial score (nSPS) is 15.2. The number of hydrogen-bond donors (Lipinski definition) is 2. The Morgan fingerprint density at radius 1 is 1.34 bits per heavy atom. The van der Waals surface area contributed by atoms with E-state index in [1.807, 2.05) is 36.9 Å². The van der Waals surface area contributed by atoms with E-state index in [2.05, 4.69) is 10.2 Å². The monoisotopic (exact) mass is 430 g/mol. The lowest BCUT2D eigenvalue weighted by molar-refractivity contribution is -0.129. The fraction of sp³-hybridized carbons (Fsp3) is 0.400. The molecule has 0 bridgehead atoms. The second kappa shape index (κ2) is 8.20. The van der Waals surface area contributed by atoms with Crippen LogP contribution in [0.5, 0.6) is 0 Å². The number of para-hydroxylation sites is 1. The maximum atomic E-state index is 13.0. The Hall–Kier alpha value is -2.32. The average Bonchev–Trinajstić information content (AvgIpc) is 3.37. The predicted octanol–water partition coefficient (Wildman–Crippen LogP) is 3.68. The zero-order chi connectivity index (χ0) is 20.5. The van der Waals surface area contributed by atoms with Gasteiger partial charge in [0.05, 0.1) is 21.3 Å². The number of fused-ring (bicyclic) bond motifs is 1. The van der Waals surface area contributed by atoms with E-state index >= 15 is 0 Å². The number of aromatic amines is 1. The van der Waals surface area contributed by atoms with Crippen LogP contribution in [0.4, 0.5) is 0 Å². The van der Waals surface area contributed by atoms with E-state index < -0.39 is 0 Å². The van der Waals surface area contributed by atoms with Gasteiger partial charge in [0.15, 0.2) is 10.8 Å². The van der Waals surface area contributed by atoms with Crippen LogP contribution in [0.3, 0.4) is 0 Å². The van der Waals surface area contributed by atoms with Crippen LogP contribution in [-0.2, 0) is 4.79 Å². The topological polar surface area (TPSA) is 90.7 Å². The van der Waals surface area contributed by atoms with Gasteiger partial charge in [-0.15, -0.1) is 0 Å². The van der Waals surface area contributed by atoms with Gasteiger partial charge in [0.25, 0.3) is 0 Å². The second-order valence-corrected chi connectivity index (χ2v) is 8.70. The molecule has 0 saturated carbocycles. The molecule has 3 aromatic rings. The van der Waals surface area contributed by atoms with Crippen molar-refractivity contribution in [3.63, 3.8) is 0 Å². The fourth-order valence-corrected chi connectivity index (χ4v) is 4.97. The van der Waals surface area contributed by atoms with E-state index in [9.17, 15) is 4.79 Å². The van der Waals surface area contributed by atoms with E-state index in [1.54, 1.807) is 10.6 Å². The summed E-state index contributed by atoms with van der Waals surface area (Å²) >= 11 is 7.84. The van der Waals surface area contributed by atoms with Crippen LogP contribution >= 0.6 is 23.4 Å². The number of thioether (sulfide) groups is 1. The Morgan fingerprint density at radius 3 is 2.76 bits per heavy atom. The van der Waals surface area contributed by atoms with Crippen molar-refractivity contribution in [1.29, 1.82) is 5.41 Å². The number of amides is 1. The fourth-order valence-electron chi connectivity index (χ4n) is 3.64. The number of carbonyl (C=O) groups is 1. The van der Waals surface area contributed by atoms with Crippen molar-refractivity contribution < 1.29 is 4.79 Å².